The molecule has 1 aromatic heterocycles. The van der Waals surface area contributed by atoms with Crippen molar-refractivity contribution in [1.29, 1.82) is 0 Å². The average Bonchev–Trinajstić information content (AvgIpc) is 2.28. The third kappa shape index (κ3) is 3.38. The predicted molar refractivity (Wildman–Crippen MR) is 66.3 cm³/mol. The lowest BCUT2D eigenvalue weighted by atomic mass is 9.99. The summed E-state index contributed by atoms with van der Waals surface area (Å²) in [4.78, 5) is 10.9. The molecule has 0 amide bonds. The molecule has 1 aliphatic heterocycles. The number of aryl methyl sites for hydroxylation is 1. The highest BCUT2D eigenvalue weighted by molar-refractivity contribution is 5.29. The van der Waals surface area contributed by atoms with Crippen molar-refractivity contribution in [2.75, 3.05) is 25.4 Å². The van der Waals surface area contributed by atoms with E-state index in [0.29, 0.717) is 11.7 Å². The first kappa shape index (κ1) is 12.3. The van der Waals surface area contributed by atoms with Gasteiger partial charge in [-0.05, 0) is 32.2 Å². The molecule has 3 N–H and O–H groups in total. The summed E-state index contributed by atoms with van der Waals surface area (Å²) in [5.41, 5.74) is 6.61. The smallest absolute Gasteiger partial charge is 0.144 e. The van der Waals surface area contributed by atoms with Crippen molar-refractivity contribution in [1.82, 2.24) is 14.9 Å². The van der Waals surface area contributed by atoms with Crippen LogP contribution >= 0.6 is 0 Å². The van der Waals surface area contributed by atoms with Gasteiger partial charge in [-0.25, -0.2) is 9.97 Å². The van der Waals surface area contributed by atoms with E-state index in [1.807, 2.05) is 6.92 Å². The summed E-state index contributed by atoms with van der Waals surface area (Å²) in [6.45, 7) is 4.89. The fourth-order valence-electron chi connectivity index (χ4n) is 2.37. The molecule has 5 nitrogen and oxygen atoms in total. The maximum atomic E-state index is 9.19. The molecule has 1 aromatic rings. The molecule has 17 heavy (non-hydrogen) atoms. The molecule has 0 spiro atoms. The molecular weight excluding hydrogens is 216 g/mol. The molecule has 1 fully saturated rings. The molecule has 5 heteroatoms. The number of likely N-dealkylation sites (tertiary alicyclic amines) is 1. The summed E-state index contributed by atoms with van der Waals surface area (Å²) in [6, 6.07) is 1.77. The number of anilines is 1. The molecule has 2 rings (SSSR count). The number of nitrogens with zero attached hydrogens (tertiary/aromatic N) is 3. The molecule has 0 saturated carbocycles. The molecule has 0 aliphatic carbocycles. The molecule has 0 aromatic carbocycles. The van der Waals surface area contributed by atoms with Gasteiger partial charge in [0.05, 0.1) is 6.54 Å². The second-order valence-corrected chi connectivity index (χ2v) is 4.78. The number of hydrogen-bond acceptors (Lipinski definition) is 5. The second kappa shape index (κ2) is 5.42. The zero-order valence-corrected chi connectivity index (χ0v) is 10.3. The summed E-state index contributed by atoms with van der Waals surface area (Å²) in [5, 5.41) is 9.19. The minimum absolute atomic E-state index is 0.271. The number of aromatic nitrogens is 2. The molecule has 0 bridgehead atoms. The minimum Gasteiger partial charge on any atom is -0.396 e. The second-order valence-electron chi connectivity index (χ2n) is 4.78. The lowest BCUT2D eigenvalue weighted by molar-refractivity contribution is 0.114. The van der Waals surface area contributed by atoms with Crippen LogP contribution in [0.5, 0.6) is 0 Å². The lowest BCUT2D eigenvalue weighted by Gasteiger charge is -2.31. The average molecular weight is 236 g/mol. The molecule has 0 radical (unpaired) electrons. The summed E-state index contributed by atoms with van der Waals surface area (Å²) in [5.74, 6) is 1.70. The van der Waals surface area contributed by atoms with Crippen molar-refractivity contribution < 1.29 is 5.11 Å². The largest absolute Gasteiger partial charge is 0.396 e. The van der Waals surface area contributed by atoms with Crippen molar-refractivity contribution in [3.8, 4) is 0 Å². The number of aliphatic hydroxyl groups is 1. The fourth-order valence-corrected chi connectivity index (χ4v) is 2.37. The predicted octanol–water partition coefficient (Wildman–Crippen LogP) is 0.572. The van der Waals surface area contributed by atoms with E-state index < -0.39 is 0 Å². The van der Waals surface area contributed by atoms with Crippen molar-refractivity contribution in [2.45, 2.75) is 26.3 Å². The standard InChI is InChI=1S/C12H20N4O/c1-9-5-11(13)15-12(14-9)7-16-4-2-3-10(6-16)8-17/h5,10,17H,2-4,6-8H2,1H3,(H2,13,14,15). The Hall–Kier alpha value is -1.20. The van der Waals surface area contributed by atoms with Crippen LogP contribution < -0.4 is 5.73 Å². The Morgan fingerprint density at radius 3 is 3.06 bits per heavy atom. The van der Waals surface area contributed by atoms with Crippen LogP contribution in [0.1, 0.15) is 24.4 Å². The number of rotatable bonds is 3. The maximum absolute atomic E-state index is 9.19. The molecular formula is C12H20N4O. The Bertz CT molecular complexity index is 363. The number of nitrogen functional groups attached to an aromatic ring is 1. The Labute approximate surface area is 102 Å². The molecule has 1 saturated heterocycles. The highest BCUT2D eigenvalue weighted by atomic mass is 16.3. The van der Waals surface area contributed by atoms with Gasteiger partial charge in [-0.1, -0.05) is 0 Å². The van der Waals surface area contributed by atoms with E-state index in [0.717, 1.165) is 44.0 Å². The number of nitrogens with two attached hydrogens (primary N) is 1. The van der Waals surface area contributed by atoms with E-state index in [-0.39, 0.29) is 6.61 Å². The monoisotopic (exact) mass is 236 g/mol. The van der Waals surface area contributed by atoms with Crippen molar-refractivity contribution in [3.63, 3.8) is 0 Å². The highest BCUT2D eigenvalue weighted by Crippen LogP contribution is 2.17. The van der Waals surface area contributed by atoms with Crippen LogP contribution in [0.3, 0.4) is 0 Å². The van der Waals surface area contributed by atoms with Crippen LogP contribution in [0.2, 0.25) is 0 Å². The Morgan fingerprint density at radius 1 is 1.53 bits per heavy atom. The van der Waals surface area contributed by atoms with Gasteiger partial charge in [0.15, 0.2) is 0 Å². The molecule has 1 atom stereocenters. The number of aliphatic hydroxyl groups excluding tert-OH is 1. The number of hydrogen-bond donors (Lipinski definition) is 2. The van der Waals surface area contributed by atoms with Gasteiger partial charge >= 0.3 is 0 Å². The van der Waals surface area contributed by atoms with E-state index in [1.165, 1.54) is 0 Å². The number of piperidine rings is 1. The van der Waals surface area contributed by atoms with Crippen LogP contribution in [0, 0.1) is 12.8 Å². The summed E-state index contributed by atoms with van der Waals surface area (Å²) >= 11 is 0. The van der Waals surface area contributed by atoms with E-state index in [9.17, 15) is 5.11 Å². The Kier molecular flexibility index (Phi) is 3.91. The molecule has 1 unspecified atom stereocenters. The summed E-state index contributed by atoms with van der Waals surface area (Å²) in [7, 11) is 0. The lowest BCUT2D eigenvalue weighted by Crippen LogP contribution is -2.36. The highest BCUT2D eigenvalue weighted by Gasteiger charge is 2.19. The third-order valence-electron chi connectivity index (χ3n) is 3.15. The van der Waals surface area contributed by atoms with Crippen LogP contribution in [-0.4, -0.2) is 39.7 Å². The first-order valence-electron chi connectivity index (χ1n) is 6.10. The van der Waals surface area contributed by atoms with E-state index in [1.54, 1.807) is 6.07 Å². The molecule has 94 valence electrons. The van der Waals surface area contributed by atoms with E-state index >= 15 is 0 Å². The van der Waals surface area contributed by atoms with Gasteiger partial charge in [-0.2, -0.15) is 0 Å². The zero-order chi connectivity index (χ0) is 12.3. The van der Waals surface area contributed by atoms with Gasteiger partial charge < -0.3 is 10.8 Å². The SMILES string of the molecule is Cc1cc(N)nc(CN2CCCC(CO)C2)n1. The normalized spacial score (nSPS) is 21.6. The fraction of sp³-hybridized carbons (Fsp3) is 0.667. The van der Waals surface area contributed by atoms with Gasteiger partial charge in [-0.15, -0.1) is 0 Å². The summed E-state index contributed by atoms with van der Waals surface area (Å²) in [6.07, 6.45) is 2.25. The Balaban J connectivity index is 2.00. The van der Waals surface area contributed by atoms with Crippen LogP contribution in [0.25, 0.3) is 0 Å². The van der Waals surface area contributed by atoms with Crippen LogP contribution in [0.4, 0.5) is 5.82 Å². The van der Waals surface area contributed by atoms with Gasteiger partial charge in [0.2, 0.25) is 0 Å². The van der Waals surface area contributed by atoms with Crippen LogP contribution in [0.15, 0.2) is 6.07 Å². The first-order valence-corrected chi connectivity index (χ1v) is 6.10. The first-order chi connectivity index (χ1) is 8.17. The van der Waals surface area contributed by atoms with Crippen LogP contribution in [-0.2, 0) is 6.54 Å². The maximum Gasteiger partial charge on any atom is 0.144 e. The zero-order valence-electron chi connectivity index (χ0n) is 10.3. The summed E-state index contributed by atoms with van der Waals surface area (Å²) < 4.78 is 0. The van der Waals surface area contributed by atoms with Crippen molar-refractivity contribution in [3.05, 3.63) is 17.6 Å². The van der Waals surface area contributed by atoms with E-state index in [2.05, 4.69) is 14.9 Å². The molecule has 1 aliphatic rings. The van der Waals surface area contributed by atoms with Crippen molar-refractivity contribution in [2.24, 2.45) is 5.92 Å². The van der Waals surface area contributed by atoms with Gasteiger partial charge in [0, 0.05) is 24.9 Å². The van der Waals surface area contributed by atoms with Gasteiger partial charge in [0.1, 0.15) is 11.6 Å². The minimum atomic E-state index is 0.271. The van der Waals surface area contributed by atoms with Gasteiger partial charge in [0.25, 0.3) is 0 Å². The topological polar surface area (TPSA) is 75.3 Å². The van der Waals surface area contributed by atoms with E-state index in [4.69, 9.17) is 5.73 Å². The third-order valence-corrected chi connectivity index (χ3v) is 3.15. The quantitative estimate of drug-likeness (QED) is 0.802. The molecule has 2 heterocycles. The van der Waals surface area contributed by atoms with Gasteiger partial charge in [-0.3, -0.25) is 4.90 Å². The van der Waals surface area contributed by atoms with Crippen molar-refractivity contribution >= 4 is 5.82 Å². The Morgan fingerprint density at radius 2 is 2.35 bits per heavy atom.